The molecule has 0 atom stereocenters. The van der Waals surface area contributed by atoms with Crippen LogP contribution in [0.2, 0.25) is 0 Å². The lowest BCUT2D eigenvalue weighted by molar-refractivity contribution is -0.118. The first-order valence-electron chi connectivity index (χ1n) is 11.9. The van der Waals surface area contributed by atoms with Gasteiger partial charge in [0.05, 0.1) is 12.1 Å². The molecule has 0 bridgehead atoms. The molecular weight excluding hydrogens is 443 g/mol. The summed E-state index contributed by atoms with van der Waals surface area (Å²) in [5, 5.41) is 9.13. The maximum atomic E-state index is 15.4. The second-order valence-electron chi connectivity index (χ2n) is 8.92. The number of aryl methyl sites for hydroxylation is 2. The van der Waals surface area contributed by atoms with Gasteiger partial charge in [0.1, 0.15) is 11.5 Å². The number of amides is 1. The summed E-state index contributed by atoms with van der Waals surface area (Å²) in [4.78, 5) is 16.1. The SMILES string of the molecule is Cc1ccc(CN(C=O)/N=C(\c2ccccc2C)c2ccc(NCC3CCOCC3)nc2F)cc1. The number of ether oxygens (including phenoxy) is 1. The van der Waals surface area contributed by atoms with Crippen LogP contribution in [0.4, 0.5) is 10.2 Å². The predicted octanol–water partition coefficient (Wildman–Crippen LogP) is 5.09. The van der Waals surface area contributed by atoms with Gasteiger partial charge in [-0.05, 0) is 55.9 Å². The van der Waals surface area contributed by atoms with E-state index in [1.807, 2.05) is 62.4 Å². The number of pyridine rings is 1. The zero-order valence-electron chi connectivity index (χ0n) is 20.2. The van der Waals surface area contributed by atoms with E-state index in [2.05, 4.69) is 15.4 Å². The number of benzene rings is 2. The Hall–Kier alpha value is -3.58. The molecule has 4 rings (SSSR count). The Morgan fingerprint density at radius 3 is 2.51 bits per heavy atom. The number of anilines is 1. The van der Waals surface area contributed by atoms with Crippen LogP contribution < -0.4 is 5.32 Å². The number of halogens is 1. The van der Waals surface area contributed by atoms with Crippen molar-refractivity contribution >= 4 is 17.9 Å². The second-order valence-corrected chi connectivity index (χ2v) is 8.92. The summed E-state index contributed by atoms with van der Waals surface area (Å²) in [6.07, 6.45) is 2.63. The Bertz CT molecular complexity index is 1170. The van der Waals surface area contributed by atoms with E-state index < -0.39 is 5.95 Å². The van der Waals surface area contributed by atoms with Crippen molar-refractivity contribution in [2.45, 2.75) is 33.2 Å². The van der Waals surface area contributed by atoms with E-state index in [1.165, 1.54) is 5.01 Å². The highest BCUT2D eigenvalue weighted by Crippen LogP contribution is 2.21. The molecule has 1 fully saturated rings. The van der Waals surface area contributed by atoms with Gasteiger partial charge >= 0.3 is 0 Å². The molecule has 0 aliphatic carbocycles. The minimum absolute atomic E-state index is 0.242. The second kappa shape index (κ2) is 11.7. The molecule has 1 amide bonds. The van der Waals surface area contributed by atoms with Crippen molar-refractivity contribution in [3.05, 3.63) is 94.4 Å². The third-order valence-electron chi connectivity index (χ3n) is 6.23. The molecule has 1 aromatic heterocycles. The summed E-state index contributed by atoms with van der Waals surface area (Å²) in [6, 6.07) is 18.9. The molecule has 35 heavy (non-hydrogen) atoms. The highest BCUT2D eigenvalue weighted by Gasteiger charge is 2.19. The smallest absolute Gasteiger partial charge is 0.230 e. The highest BCUT2D eigenvalue weighted by atomic mass is 19.1. The number of carbonyl (C=O) groups is 1. The van der Waals surface area contributed by atoms with Crippen molar-refractivity contribution < 1.29 is 13.9 Å². The van der Waals surface area contributed by atoms with Gasteiger partial charge in [0, 0.05) is 25.3 Å². The lowest BCUT2D eigenvalue weighted by atomic mass is 9.99. The van der Waals surface area contributed by atoms with Crippen LogP contribution >= 0.6 is 0 Å². The van der Waals surface area contributed by atoms with Crippen LogP contribution in [-0.4, -0.2) is 41.9 Å². The quantitative estimate of drug-likeness (QED) is 0.203. The van der Waals surface area contributed by atoms with Gasteiger partial charge in [0.25, 0.3) is 0 Å². The highest BCUT2D eigenvalue weighted by molar-refractivity contribution is 6.13. The first kappa shape index (κ1) is 24.5. The van der Waals surface area contributed by atoms with Crippen molar-refractivity contribution in [1.82, 2.24) is 9.99 Å². The van der Waals surface area contributed by atoms with Gasteiger partial charge in [0.15, 0.2) is 0 Å². The number of nitrogens with zero attached hydrogens (tertiary/aromatic N) is 3. The predicted molar refractivity (Wildman–Crippen MR) is 136 cm³/mol. The molecule has 1 saturated heterocycles. The number of hydrogen-bond acceptors (Lipinski definition) is 5. The van der Waals surface area contributed by atoms with E-state index in [0.717, 1.165) is 54.9 Å². The molecule has 0 spiro atoms. The van der Waals surface area contributed by atoms with E-state index in [-0.39, 0.29) is 12.1 Å². The maximum Gasteiger partial charge on any atom is 0.230 e. The number of carbonyl (C=O) groups excluding carboxylic acids is 1. The normalized spacial score (nSPS) is 14.5. The van der Waals surface area contributed by atoms with Crippen LogP contribution in [-0.2, 0) is 16.1 Å². The summed E-state index contributed by atoms with van der Waals surface area (Å²) >= 11 is 0. The summed E-state index contributed by atoms with van der Waals surface area (Å²) in [5.74, 6) is 0.333. The zero-order valence-corrected chi connectivity index (χ0v) is 20.2. The monoisotopic (exact) mass is 474 g/mol. The lowest BCUT2D eigenvalue weighted by Gasteiger charge is -2.22. The van der Waals surface area contributed by atoms with Crippen LogP contribution in [0.3, 0.4) is 0 Å². The van der Waals surface area contributed by atoms with Crippen molar-refractivity contribution in [3.8, 4) is 0 Å². The van der Waals surface area contributed by atoms with E-state index in [4.69, 9.17) is 4.74 Å². The molecule has 0 saturated carbocycles. The van der Waals surface area contributed by atoms with Crippen molar-refractivity contribution in [3.63, 3.8) is 0 Å². The van der Waals surface area contributed by atoms with E-state index in [9.17, 15) is 4.79 Å². The average molecular weight is 475 g/mol. The zero-order chi connectivity index (χ0) is 24.6. The largest absolute Gasteiger partial charge is 0.381 e. The van der Waals surface area contributed by atoms with Crippen LogP contribution in [0.1, 0.15) is 40.7 Å². The summed E-state index contributed by atoms with van der Waals surface area (Å²) in [5.41, 5.74) is 4.34. The van der Waals surface area contributed by atoms with E-state index in [0.29, 0.717) is 23.9 Å². The summed E-state index contributed by atoms with van der Waals surface area (Å²) in [7, 11) is 0. The Balaban J connectivity index is 1.62. The molecule has 1 aliphatic heterocycles. The topological polar surface area (TPSA) is 66.8 Å². The summed E-state index contributed by atoms with van der Waals surface area (Å²) in [6.45, 7) is 6.47. The number of hydrazone groups is 1. The molecule has 1 aliphatic rings. The standard InChI is InChI=1S/C28H31FN4O2/c1-20-7-9-23(10-8-20)18-33(19-34)32-27(24-6-4-3-5-21(24)2)25-11-12-26(31-28(25)29)30-17-22-13-15-35-16-14-22/h3-12,19,22H,13-18H2,1-2H3,(H,30,31)/b32-27+. The molecule has 0 radical (unpaired) electrons. The van der Waals surface area contributed by atoms with Crippen LogP contribution in [0, 0.1) is 25.7 Å². The van der Waals surface area contributed by atoms with Gasteiger partial charge in [-0.15, -0.1) is 0 Å². The first-order valence-corrected chi connectivity index (χ1v) is 11.9. The Morgan fingerprint density at radius 1 is 1.09 bits per heavy atom. The Morgan fingerprint density at radius 2 is 1.83 bits per heavy atom. The minimum Gasteiger partial charge on any atom is -0.381 e. The van der Waals surface area contributed by atoms with Gasteiger partial charge in [-0.3, -0.25) is 4.79 Å². The number of aromatic nitrogens is 1. The van der Waals surface area contributed by atoms with Crippen molar-refractivity contribution in [1.29, 1.82) is 0 Å². The molecule has 7 heteroatoms. The average Bonchev–Trinajstić information content (AvgIpc) is 2.88. The van der Waals surface area contributed by atoms with E-state index in [1.54, 1.807) is 12.1 Å². The van der Waals surface area contributed by atoms with Crippen LogP contribution in [0.25, 0.3) is 0 Å². The van der Waals surface area contributed by atoms with Gasteiger partial charge in [-0.2, -0.15) is 9.49 Å². The lowest BCUT2D eigenvalue weighted by Crippen LogP contribution is -2.23. The molecule has 182 valence electrons. The maximum absolute atomic E-state index is 15.4. The fourth-order valence-corrected chi connectivity index (χ4v) is 4.11. The van der Waals surface area contributed by atoms with Crippen molar-refractivity contribution in [2.75, 3.05) is 25.1 Å². The Labute approximate surface area is 205 Å². The van der Waals surface area contributed by atoms with Gasteiger partial charge in [-0.25, -0.2) is 9.99 Å². The molecular formula is C28H31FN4O2. The van der Waals surface area contributed by atoms with Crippen molar-refractivity contribution in [2.24, 2.45) is 11.0 Å². The molecule has 3 aromatic rings. The first-order chi connectivity index (χ1) is 17.0. The van der Waals surface area contributed by atoms with Gasteiger partial charge in [0.2, 0.25) is 12.4 Å². The van der Waals surface area contributed by atoms with E-state index >= 15 is 4.39 Å². The van der Waals surface area contributed by atoms with Crippen LogP contribution in [0.5, 0.6) is 0 Å². The number of nitrogens with one attached hydrogen (secondary N) is 1. The van der Waals surface area contributed by atoms with Gasteiger partial charge < -0.3 is 10.1 Å². The molecule has 1 N–H and O–H groups in total. The number of rotatable bonds is 9. The Kier molecular flexibility index (Phi) is 8.21. The minimum atomic E-state index is -0.634. The van der Waals surface area contributed by atoms with Gasteiger partial charge in [-0.1, -0.05) is 54.1 Å². The molecule has 0 unspecified atom stereocenters. The fourth-order valence-electron chi connectivity index (χ4n) is 4.11. The summed E-state index contributed by atoms with van der Waals surface area (Å²) < 4.78 is 20.8. The third-order valence-corrected chi connectivity index (χ3v) is 6.23. The van der Waals surface area contributed by atoms with Crippen LogP contribution in [0.15, 0.2) is 65.8 Å². The molecule has 2 heterocycles. The fraction of sp³-hybridized carbons (Fsp3) is 0.321. The molecule has 6 nitrogen and oxygen atoms in total. The number of hydrogen-bond donors (Lipinski definition) is 1. The third kappa shape index (κ3) is 6.51. The molecule has 2 aromatic carbocycles.